The Hall–Kier alpha value is -6.21. The van der Waals surface area contributed by atoms with Crippen LogP contribution in [0.3, 0.4) is 0 Å². The minimum atomic E-state index is -0.771. The van der Waals surface area contributed by atoms with Crippen molar-refractivity contribution in [3.63, 3.8) is 0 Å². The number of pyridine rings is 1. The van der Waals surface area contributed by atoms with Crippen molar-refractivity contribution < 1.29 is 38.2 Å². The molecule has 3 heterocycles. The molecule has 6 atom stereocenters. The number of nitrogens with zero attached hydrogens (tertiary/aromatic N) is 2. The van der Waals surface area contributed by atoms with Crippen LogP contribution in [0.4, 0.5) is 0 Å². The maximum absolute atomic E-state index is 14.7. The van der Waals surface area contributed by atoms with Crippen LogP contribution in [-0.4, -0.2) is 103 Å². The first-order chi connectivity index (χ1) is 34.9. The number of unbranched alkanes of at least 4 members (excludes halogenated alkanes) is 8. The number of rotatable bonds is 23. The fraction of sp³-hybridized carbons (Fsp3) is 0.589. The summed E-state index contributed by atoms with van der Waals surface area (Å²) in [7, 11) is 3.19. The highest BCUT2D eigenvalue weighted by Gasteiger charge is 2.45. The lowest BCUT2D eigenvalue weighted by Crippen LogP contribution is -2.58. The zero-order chi connectivity index (χ0) is 51.0. The van der Waals surface area contributed by atoms with E-state index in [1.807, 2.05) is 12.1 Å². The quantitative estimate of drug-likeness (QED) is 0.0466. The van der Waals surface area contributed by atoms with Crippen LogP contribution in [0.25, 0.3) is 10.8 Å². The van der Waals surface area contributed by atoms with Crippen molar-refractivity contribution in [2.75, 3.05) is 27.3 Å². The van der Waals surface area contributed by atoms with Gasteiger partial charge in [-0.05, 0) is 101 Å². The van der Waals surface area contributed by atoms with E-state index >= 15 is 0 Å². The summed E-state index contributed by atoms with van der Waals surface area (Å²) in [4.78, 5) is 85.7. The van der Waals surface area contributed by atoms with Gasteiger partial charge in [-0.25, -0.2) is 4.98 Å². The fourth-order valence-electron chi connectivity index (χ4n) is 10.9. The molecule has 0 bridgehead atoms. The number of nitrogens with two attached hydrogens (primary N) is 1. The van der Waals surface area contributed by atoms with Gasteiger partial charge >= 0.3 is 0 Å². The van der Waals surface area contributed by atoms with Crippen molar-refractivity contribution >= 4 is 46.2 Å². The lowest BCUT2D eigenvalue weighted by atomic mass is 9.83. The van der Waals surface area contributed by atoms with Gasteiger partial charge in [-0.3, -0.25) is 28.8 Å². The Labute approximate surface area is 424 Å². The highest BCUT2D eigenvalue weighted by molar-refractivity contribution is 6.03. The molecule has 3 aromatic rings. The number of fused-ring (bicyclic) bond motifs is 2. The molecule has 72 heavy (non-hydrogen) atoms. The van der Waals surface area contributed by atoms with Crippen LogP contribution in [0, 0.1) is 17.8 Å². The highest BCUT2D eigenvalue weighted by atomic mass is 16.5. The predicted molar refractivity (Wildman–Crippen MR) is 276 cm³/mol. The Kier molecular flexibility index (Phi) is 19.7. The molecule has 0 radical (unpaired) electrons. The third kappa shape index (κ3) is 14.3. The van der Waals surface area contributed by atoms with Crippen LogP contribution in [0.15, 0.2) is 42.6 Å². The molecule has 4 aliphatic rings. The first kappa shape index (κ1) is 53.6. The average molecular weight is 989 g/mol. The summed E-state index contributed by atoms with van der Waals surface area (Å²) < 4.78 is 11.5. The Balaban J connectivity index is 0.858. The Bertz CT molecular complexity index is 2460. The summed E-state index contributed by atoms with van der Waals surface area (Å²) >= 11 is 0. The lowest BCUT2D eigenvalue weighted by Gasteiger charge is -2.35. The second-order valence-electron chi connectivity index (χ2n) is 20.2. The van der Waals surface area contributed by atoms with Gasteiger partial charge in [0.25, 0.3) is 5.91 Å². The number of aromatic nitrogens is 1. The molecule has 7 rings (SSSR count). The normalized spacial score (nSPS) is 20.6. The number of methoxy groups -OCH3 is 1. The number of amides is 6. The molecule has 388 valence electrons. The summed E-state index contributed by atoms with van der Waals surface area (Å²) in [6, 6.07) is 8.94. The molecular formula is C56H76N8O8. The first-order valence-electron chi connectivity index (χ1n) is 26.6. The molecule has 1 saturated carbocycles. The molecule has 3 fully saturated rings. The fourth-order valence-corrected chi connectivity index (χ4v) is 10.9. The van der Waals surface area contributed by atoms with E-state index in [1.54, 1.807) is 37.2 Å². The van der Waals surface area contributed by atoms with E-state index in [0.717, 1.165) is 108 Å². The third-order valence-electron chi connectivity index (χ3n) is 15.1. The van der Waals surface area contributed by atoms with E-state index in [2.05, 4.69) is 55.5 Å². The van der Waals surface area contributed by atoms with Crippen LogP contribution in [0.2, 0.25) is 0 Å². The molecule has 2 aliphatic heterocycles. The van der Waals surface area contributed by atoms with E-state index in [-0.39, 0.29) is 72.3 Å². The van der Waals surface area contributed by atoms with E-state index in [0.29, 0.717) is 60.1 Å². The van der Waals surface area contributed by atoms with E-state index < -0.39 is 24.0 Å². The van der Waals surface area contributed by atoms with Crippen LogP contribution >= 0.6 is 0 Å². The maximum Gasteiger partial charge on any atom is 0.252 e. The summed E-state index contributed by atoms with van der Waals surface area (Å²) in [6.45, 7) is 2.25. The highest BCUT2D eigenvalue weighted by Crippen LogP contribution is 2.35. The molecule has 2 aliphatic carbocycles. The average Bonchev–Trinajstić information content (AvgIpc) is 4.02. The SMILES string of the molecule is CN[C@@H](C)C(=O)N[C@H](C(=O)N1C[C@@H](NC(=O)CCCCCCCCCCC#Cc2cnc(OC[C@@H]3CCC(=O)N3)c3cc(OC)c(C(N)=O)cc23)C[C@H]1C(=O)N[C@@H]1CCCc2ccccc21)C1CCCCC1. The van der Waals surface area contributed by atoms with Gasteiger partial charge in [0.15, 0.2) is 0 Å². The lowest BCUT2D eigenvalue weighted by molar-refractivity contribution is -0.143. The number of carbonyl (C=O) groups excluding carboxylic acids is 6. The molecule has 0 spiro atoms. The van der Waals surface area contributed by atoms with E-state index in [9.17, 15) is 28.8 Å². The smallest absolute Gasteiger partial charge is 0.252 e. The molecule has 6 amide bonds. The van der Waals surface area contributed by atoms with Gasteiger partial charge in [-0.15, -0.1) is 0 Å². The number of ether oxygens (including phenoxy) is 2. The number of likely N-dealkylation sites (N-methyl/N-ethyl adjacent to an activating group) is 1. The van der Waals surface area contributed by atoms with Crippen molar-refractivity contribution in [2.24, 2.45) is 11.7 Å². The standard InChI is InChI=1S/C56H76N8O8/c1-36(58-2)53(68)63-51(38-21-14-12-15-22-38)56(70)64-34-41(30-47(64)54(69)62-46-26-19-24-37-20-17-18-25-42(37)46)61-49(65)27-16-11-9-7-5-4-6-8-10-13-23-39-33-59-55(72-35-40-28-29-50(66)60-40)44-32-48(71-3)45(52(57)67)31-43(39)44/h17-18,20,25,31-33,36,38,40-41,46-47,51,58H,4-12,14-16,19,21-22,24,26-30,34-35H2,1-3H3,(H2,57,67)(H,60,66)(H,61,65)(H,62,69)(H,63,68)/t36-,40-,41-,46+,47-,51-/m0/s1. The van der Waals surface area contributed by atoms with Crippen LogP contribution < -0.4 is 41.8 Å². The molecular weight excluding hydrogens is 913 g/mol. The van der Waals surface area contributed by atoms with Gasteiger partial charge in [0.1, 0.15) is 24.4 Å². The minimum absolute atomic E-state index is 0.00321. The van der Waals surface area contributed by atoms with Crippen molar-refractivity contribution in [1.82, 2.24) is 36.5 Å². The van der Waals surface area contributed by atoms with Gasteiger partial charge in [0, 0.05) is 48.8 Å². The van der Waals surface area contributed by atoms with Crippen molar-refractivity contribution in [2.45, 2.75) is 178 Å². The summed E-state index contributed by atoms with van der Waals surface area (Å²) in [6.07, 6.45) is 19.6. The van der Waals surface area contributed by atoms with Gasteiger partial charge in [-0.1, -0.05) is 93.9 Å². The van der Waals surface area contributed by atoms with Crippen molar-refractivity contribution in [1.29, 1.82) is 0 Å². The van der Waals surface area contributed by atoms with Gasteiger partial charge in [-0.2, -0.15) is 0 Å². The van der Waals surface area contributed by atoms with Gasteiger partial charge in [0.2, 0.25) is 35.4 Å². The Morgan fingerprint density at radius 3 is 2.38 bits per heavy atom. The topological polar surface area (TPSA) is 223 Å². The summed E-state index contributed by atoms with van der Waals surface area (Å²) in [5.74, 6) is 5.76. The second kappa shape index (κ2) is 26.5. The van der Waals surface area contributed by atoms with E-state index in [1.165, 1.54) is 12.7 Å². The Morgan fingerprint density at radius 1 is 0.903 bits per heavy atom. The molecule has 16 heteroatoms. The van der Waals surface area contributed by atoms with Crippen LogP contribution in [-0.2, 0) is 30.4 Å². The number of aryl methyl sites for hydroxylation is 1. The molecule has 7 N–H and O–H groups in total. The van der Waals surface area contributed by atoms with Gasteiger partial charge < -0.3 is 46.7 Å². The molecule has 0 unspecified atom stereocenters. The molecule has 2 saturated heterocycles. The monoisotopic (exact) mass is 989 g/mol. The van der Waals surface area contributed by atoms with Crippen LogP contribution in [0.5, 0.6) is 11.6 Å². The maximum atomic E-state index is 14.7. The van der Waals surface area contributed by atoms with Crippen molar-refractivity contribution in [3.05, 3.63) is 64.8 Å². The largest absolute Gasteiger partial charge is 0.496 e. The Morgan fingerprint density at radius 2 is 1.65 bits per heavy atom. The third-order valence-corrected chi connectivity index (χ3v) is 15.1. The number of hydrogen-bond donors (Lipinski definition) is 6. The van der Waals surface area contributed by atoms with Gasteiger partial charge in [0.05, 0.1) is 36.4 Å². The predicted octanol–water partition coefficient (Wildman–Crippen LogP) is 6.20. The summed E-state index contributed by atoms with van der Waals surface area (Å²) in [5, 5.41) is 16.7. The first-order valence-corrected chi connectivity index (χ1v) is 26.6. The zero-order valence-corrected chi connectivity index (χ0v) is 42.6. The number of carbonyl (C=O) groups is 6. The molecule has 1 aromatic heterocycles. The molecule has 16 nitrogen and oxygen atoms in total. The minimum Gasteiger partial charge on any atom is -0.496 e. The number of nitrogens with one attached hydrogen (secondary N) is 5. The summed E-state index contributed by atoms with van der Waals surface area (Å²) in [5.41, 5.74) is 8.92. The van der Waals surface area contributed by atoms with Crippen LogP contribution in [0.1, 0.15) is 168 Å². The zero-order valence-electron chi connectivity index (χ0n) is 42.6. The number of primary amides is 1. The second-order valence-corrected chi connectivity index (χ2v) is 20.2. The number of likely N-dealkylation sites (tertiary alicyclic amines) is 1. The number of benzene rings is 2. The van der Waals surface area contributed by atoms with E-state index in [4.69, 9.17) is 15.2 Å². The number of hydrogen-bond acceptors (Lipinski definition) is 10. The molecule has 2 aromatic carbocycles. The van der Waals surface area contributed by atoms with Crippen molar-refractivity contribution in [3.8, 4) is 23.5 Å².